The first-order valence-corrected chi connectivity index (χ1v) is 14.4. The van der Waals surface area contributed by atoms with E-state index in [1.54, 1.807) is 41.3 Å². The third-order valence-corrected chi connectivity index (χ3v) is 7.99. The Morgan fingerprint density at radius 3 is 1.89 bits per heavy atom. The lowest BCUT2D eigenvalue weighted by atomic mass is 10.0. The minimum Gasteiger partial charge on any atom is -0.352 e. The molecule has 0 saturated heterocycles. The monoisotopic (exact) mass is 596 g/mol. The Balaban J connectivity index is 1.91. The summed E-state index contributed by atoms with van der Waals surface area (Å²) in [5.74, 6) is 0.106. The first-order chi connectivity index (χ1) is 17.7. The summed E-state index contributed by atoms with van der Waals surface area (Å²) < 4.78 is 0. The summed E-state index contributed by atoms with van der Waals surface area (Å²) >= 11 is 26.9. The van der Waals surface area contributed by atoms with Crippen molar-refractivity contribution in [1.29, 1.82) is 0 Å². The molecule has 0 aromatic heterocycles. The fraction of sp³-hybridized carbons (Fsp3) is 0.286. The van der Waals surface area contributed by atoms with Crippen LogP contribution in [0.25, 0.3) is 0 Å². The molecule has 3 rings (SSSR count). The van der Waals surface area contributed by atoms with E-state index in [9.17, 15) is 9.59 Å². The van der Waals surface area contributed by atoms with Gasteiger partial charge in [-0.15, -0.1) is 11.8 Å². The number of carbonyl (C=O) groups excluding carboxylic acids is 2. The van der Waals surface area contributed by atoms with Gasteiger partial charge in [-0.25, -0.2) is 0 Å². The quantitative estimate of drug-likeness (QED) is 0.246. The van der Waals surface area contributed by atoms with Crippen LogP contribution in [0.5, 0.6) is 0 Å². The van der Waals surface area contributed by atoms with Gasteiger partial charge in [-0.3, -0.25) is 9.59 Å². The van der Waals surface area contributed by atoms with Gasteiger partial charge in [-0.05, 0) is 49.2 Å². The number of hydrogen-bond donors (Lipinski definition) is 1. The summed E-state index contributed by atoms with van der Waals surface area (Å²) in [6, 6.07) is 19.3. The molecule has 3 aromatic rings. The molecule has 1 N–H and O–H groups in total. The van der Waals surface area contributed by atoms with Gasteiger partial charge in [0.05, 0.1) is 5.75 Å². The van der Waals surface area contributed by atoms with Crippen molar-refractivity contribution in [1.82, 2.24) is 10.2 Å². The second-order valence-electron chi connectivity index (χ2n) is 8.78. The third-order valence-electron chi connectivity index (χ3n) is 5.63. The van der Waals surface area contributed by atoms with E-state index in [2.05, 4.69) is 5.32 Å². The molecule has 0 fully saturated rings. The van der Waals surface area contributed by atoms with Crippen molar-refractivity contribution in [3.8, 4) is 0 Å². The number of nitrogens with one attached hydrogen (secondary N) is 1. The lowest BCUT2D eigenvalue weighted by Crippen LogP contribution is -2.52. The van der Waals surface area contributed by atoms with Gasteiger partial charge in [-0.1, -0.05) is 88.9 Å². The van der Waals surface area contributed by atoms with Gasteiger partial charge in [0, 0.05) is 50.4 Å². The molecule has 4 nitrogen and oxygen atoms in total. The number of thioether (sulfide) groups is 1. The van der Waals surface area contributed by atoms with Crippen molar-refractivity contribution in [3.63, 3.8) is 0 Å². The molecule has 0 unspecified atom stereocenters. The van der Waals surface area contributed by atoms with Gasteiger partial charge in [0.1, 0.15) is 6.04 Å². The van der Waals surface area contributed by atoms with Crippen LogP contribution in [-0.2, 0) is 28.3 Å². The van der Waals surface area contributed by atoms with Crippen LogP contribution < -0.4 is 5.32 Å². The number of halogens is 4. The van der Waals surface area contributed by atoms with Crippen molar-refractivity contribution in [2.75, 3.05) is 5.75 Å². The normalized spacial score (nSPS) is 11.9. The average Bonchev–Trinajstić information content (AvgIpc) is 2.84. The summed E-state index contributed by atoms with van der Waals surface area (Å²) in [5.41, 5.74) is 2.29. The van der Waals surface area contributed by atoms with Crippen LogP contribution in [0.2, 0.25) is 20.1 Å². The summed E-state index contributed by atoms with van der Waals surface area (Å²) in [6.07, 6.45) is 0.341. The highest BCUT2D eigenvalue weighted by molar-refractivity contribution is 7.99. The third kappa shape index (κ3) is 8.56. The van der Waals surface area contributed by atoms with E-state index in [4.69, 9.17) is 46.4 Å². The molecule has 3 aromatic carbocycles. The Bertz CT molecular complexity index is 1180. The number of amides is 2. The van der Waals surface area contributed by atoms with Crippen LogP contribution in [0.4, 0.5) is 0 Å². The molecule has 0 saturated carbocycles. The molecule has 2 amide bonds. The molecule has 9 heteroatoms. The Labute approximate surface area is 242 Å². The topological polar surface area (TPSA) is 49.4 Å². The predicted molar refractivity (Wildman–Crippen MR) is 157 cm³/mol. The fourth-order valence-corrected chi connectivity index (χ4v) is 5.95. The van der Waals surface area contributed by atoms with Gasteiger partial charge in [0.25, 0.3) is 0 Å². The van der Waals surface area contributed by atoms with Gasteiger partial charge in [0.2, 0.25) is 11.8 Å². The van der Waals surface area contributed by atoms with Crippen LogP contribution in [0.1, 0.15) is 30.5 Å². The van der Waals surface area contributed by atoms with Crippen molar-refractivity contribution in [2.24, 2.45) is 0 Å². The first kappa shape index (κ1) is 29.7. The summed E-state index contributed by atoms with van der Waals surface area (Å²) in [7, 11) is 0. The zero-order chi connectivity index (χ0) is 26.9. The highest BCUT2D eigenvalue weighted by atomic mass is 35.5. The van der Waals surface area contributed by atoms with E-state index in [0.717, 1.165) is 11.1 Å². The van der Waals surface area contributed by atoms with E-state index in [1.807, 2.05) is 44.2 Å². The number of benzene rings is 3. The Morgan fingerprint density at radius 2 is 1.35 bits per heavy atom. The first-order valence-electron chi connectivity index (χ1n) is 11.7. The van der Waals surface area contributed by atoms with Crippen LogP contribution in [0.3, 0.4) is 0 Å². The van der Waals surface area contributed by atoms with Gasteiger partial charge < -0.3 is 10.2 Å². The zero-order valence-corrected chi connectivity index (χ0v) is 24.4. The van der Waals surface area contributed by atoms with Gasteiger partial charge in [-0.2, -0.15) is 0 Å². The van der Waals surface area contributed by atoms with E-state index < -0.39 is 6.04 Å². The molecule has 0 heterocycles. The molecular formula is C28H28Cl4N2O2S. The zero-order valence-electron chi connectivity index (χ0n) is 20.5. The molecule has 0 aliphatic carbocycles. The Morgan fingerprint density at radius 1 is 0.811 bits per heavy atom. The Kier molecular flexibility index (Phi) is 11.5. The lowest BCUT2D eigenvalue weighted by Gasteiger charge is -2.32. The number of nitrogens with zero attached hydrogens (tertiary/aromatic N) is 1. The van der Waals surface area contributed by atoms with Crippen molar-refractivity contribution >= 4 is 70.0 Å². The maximum Gasteiger partial charge on any atom is 0.243 e. The average molecular weight is 598 g/mol. The van der Waals surface area contributed by atoms with E-state index in [0.29, 0.717) is 37.8 Å². The van der Waals surface area contributed by atoms with Crippen LogP contribution >= 0.6 is 58.2 Å². The number of carbonyl (C=O) groups is 2. The number of rotatable bonds is 11. The van der Waals surface area contributed by atoms with Crippen LogP contribution in [-0.4, -0.2) is 34.6 Å². The maximum atomic E-state index is 13.7. The summed E-state index contributed by atoms with van der Waals surface area (Å²) in [6.45, 7) is 3.86. The maximum absolute atomic E-state index is 13.7. The number of hydrogen-bond acceptors (Lipinski definition) is 3. The molecule has 0 spiro atoms. The second kappa shape index (κ2) is 14.3. The molecule has 1 atom stereocenters. The predicted octanol–water partition coefficient (Wildman–Crippen LogP) is 7.70. The molecular weight excluding hydrogens is 570 g/mol. The van der Waals surface area contributed by atoms with Crippen LogP contribution in [0.15, 0.2) is 66.7 Å². The van der Waals surface area contributed by atoms with E-state index in [-0.39, 0.29) is 30.2 Å². The highest BCUT2D eigenvalue weighted by Crippen LogP contribution is 2.30. The van der Waals surface area contributed by atoms with E-state index >= 15 is 0 Å². The molecule has 0 aliphatic heterocycles. The van der Waals surface area contributed by atoms with Gasteiger partial charge >= 0.3 is 0 Å². The lowest BCUT2D eigenvalue weighted by molar-refractivity contribution is -0.139. The molecule has 0 aliphatic rings. The highest BCUT2D eigenvalue weighted by Gasteiger charge is 2.31. The van der Waals surface area contributed by atoms with Crippen LogP contribution in [0, 0.1) is 0 Å². The van der Waals surface area contributed by atoms with Crippen molar-refractivity contribution < 1.29 is 9.59 Å². The fourth-order valence-electron chi connectivity index (χ4n) is 3.78. The largest absolute Gasteiger partial charge is 0.352 e. The molecule has 0 bridgehead atoms. The SMILES string of the molecule is CC(C)NC(=O)[C@H](Cc1ccccc1)N(Cc1c(Cl)cccc1Cl)C(=O)CSCc1c(Cl)cccc1Cl. The minimum atomic E-state index is -0.769. The molecule has 37 heavy (non-hydrogen) atoms. The smallest absolute Gasteiger partial charge is 0.243 e. The van der Waals surface area contributed by atoms with Crippen molar-refractivity contribution in [2.45, 2.75) is 44.6 Å². The van der Waals surface area contributed by atoms with Crippen molar-refractivity contribution in [3.05, 3.63) is 104 Å². The van der Waals surface area contributed by atoms with E-state index in [1.165, 1.54) is 11.8 Å². The van der Waals surface area contributed by atoms with Gasteiger partial charge in [0.15, 0.2) is 0 Å². The Hall–Kier alpha value is -1.89. The molecule has 0 radical (unpaired) electrons. The summed E-state index contributed by atoms with van der Waals surface area (Å²) in [4.78, 5) is 28.7. The summed E-state index contributed by atoms with van der Waals surface area (Å²) in [5, 5.41) is 4.93. The minimum absolute atomic E-state index is 0.0910. The molecule has 196 valence electrons. The standard InChI is InChI=1S/C28H28Cl4N2O2S/c1-18(2)33-28(36)26(14-19-8-4-3-5-9-19)34(15-20-22(29)10-6-11-23(20)30)27(35)17-37-16-21-24(31)12-7-13-25(21)32/h3-13,18,26H,14-17H2,1-2H3,(H,33,36)/t26-/m0/s1. The second-order valence-corrected chi connectivity index (χ2v) is 11.4.